The van der Waals surface area contributed by atoms with Crippen molar-refractivity contribution in [2.75, 3.05) is 7.11 Å². The fourth-order valence-electron chi connectivity index (χ4n) is 2.39. The second-order valence-corrected chi connectivity index (χ2v) is 3.76. The molecular formula is C10H14O2. The van der Waals surface area contributed by atoms with Gasteiger partial charge in [0.1, 0.15) is 0 Å². The van der Waals surface area contributed by atoms with Gasteiger partial charge in [-0.15, -0.1) is 0 Å². The summed E-state index contributed by atoms with van der Waals surface area (Å²) in [5, 5.41) is 0. The Kier molecular flexibility index (Phi) is 1.91. The van der Waals surface area contributed by atoms with Crippen LogP contribution in [0.4, 0.5) is 0 Å². The zero-order valence-corrected chi connectivity index (χ0v) is 7.38. The van der Waals surface area contributed by atoms with E-state index in [1.165, 1.54) is 31.9 Å². The Balaban J connectivity index is 1.98. The number of hydrogen-bond donors (Lipinski definition) is 0. The minimum absolute atomic E-state index is 0.0891. The Labute approximate surface area is 72.6 Å². The van der Waals surface area contributed by atoms with E-state index in [1.807, 2.05) is 0 Å². The smallest absolute Gasteiger partial charge is 0.309 e. The van der Waals surface area contributed by atoms with Crippen LogP contribution in [0.3, 0.4) is 0 Å². The van der Waals surface area contributed by atoms with E-state index < -0.39 is 0 Å². The van der Waals surface area contributed by atoms with Gasteiger partial charge >= 0.3 is 5.97 Å². The minimum Gasteiger partial charge on any atom is -0.469 e. The molecule has 0 saturated heterocycles. The molecule has 1 saturated carbocycles. The van der Waals surface area contributed by atoms with E-state index in [0.29, 0.717) is 12.3 Å². The van der Waals surface area contributed by atoms with Crippen LogP contribution in [0.5, 0.6) is 0 Å². The van der Waals surface area contributed by atoms with Gasteiger partial charge in [0.05, 0.1) is 13.5 Å². The maximum atomic E-state index is 11.0. The number of allylic oxidation sites excluding steroid dienone is 1. The zero-order chi connectivity index (χ0) is 8.55. The molecule has 12 heavy (non-hydrogen) atoms. The molecule has 0 N–H and O–H groups in total. The van der Waals surface area contributed by atoms with Crippen molar-refractivity contribution in [2.24, 2.45) is 11.8 Å². The van der Waals surface area contributed by atoms with Gasteiger partial charge in [0.15, 0.2) is 0 Å². The van der Waals surface area contributed by atoms with Crippen LogP contribution in [0, 0.1) is 11.8 Å². The van der Waals surface area contributed by atoms with Gasteiger partial charge in [-0.3, -0.25) is 4.79 Å². The highest BCUT2D eigenvalue weighted by Gasteiger charge is 2.33. The van der Waals surface area contributed by atoms with Crippen LogP contribution in [0.25, 0.3) is 0 Å². The van der Waals surface area contributed by atoms with Gasteiger partial charge in [-0.2, -0.15) is 0 Å². The standard InChI is InChI=1S/C10H14O2/c1-12-10(11)6-9-5-7-2-3-8(9)4-7/h5,7-8H,2-4,6H2,1H3. The van der Waals surface area contributed by atoms with Crippen LogP contribution >= 0.6 is 0 Å². The summed E-state index contributed by atoms with van der Waals surface area (Å²) in [4.78, 5) is 11.0. The Morgan fingerprint density at radius 3 is 3.00 bits per heavy atom. The molecular weight excluding hydrogens is 152 g/mol. The molecule has 0 amide bonds. The van der Waals surface area contributed by atoms with Gasteiger partial charge in [-0.25, -0.2) is 0 Å². The molecule has 2 atom stereocenters. The van der Waals surface area contributed by atoms with Crippen LogP contribution in [0.2, 0.25) is 0 Å². The van der Waals surface area contributed by atoms with Gasteiger partial charge in [-0.05, 0) is 31.1 Å². The van der Waals surface area contributed by atoms with Crippen LogP contribution in [0.15, 0.2) is 11.6 Å². The molecule has 2 unspecified atom stereocenters. The first-order valence-electron chi connectivity index (χ1n) is 4.57. The summed E-state index contributed by atoms with van der Waals surface area (Å²) in [6, 6.07) is 0. The second kappa shape index (κ2) is 2.92. The van der Waals surface area contributed by atoms with Gasteiger partial charge in [-0.1, -0.05) is 11.6 Å². The average molecular weight is 166 g/mol. The first-order chi connectivity index (χ1) is 5.79. The SMILES string of the molecule is COC(=O)CC1=CC2CCC1C2. The lowest BCUT2D eigenvalue weighted by Gasteiger charge is -2.11. The molecule has 2 heteroatoms. The normalized spacial score (nSPS) is 31.9. The van der Waals surface area contributed by atoms with Crippen molar-refractivity contribution < 1.29 is 9.53 Å². The maximum absolute atomic E-state index is 11.0. The average Bonchev–Trinajstić information content (AvgIpc) is 2.64. The lowest BCUT2D eigenvalue weighted by Crippen LogP contribution is -2.06. The molecule has 1 fully saturated rings. The molecule has 2 nitrogen and oxygen atoms in total. The Morgan fingerprint density at radius 1 is 1.67 bits per heavy atom. The van der Waals surface area contributed by atoms with Gasteiger partial charge in [0.2, 0.25) is 0 Å². The van der Waals surface area contributed by atoms with Gasteiger partial charge in [0, 0.05) is 0 Å². The summed E-state index contributed by atoms with van der Waals surface area (Å²) < 4.78 is 4.64. The molecule has 0 aromatic heterocycles. The minimum atomic E-state index is -0.0891. The summed E-state index contributed by atoms with van der Waals surface area (Å²) in [5.74, 6) is 1.39. The number of esters is 1. The van der Waals surface area contributed by atoms with Gasteiger partial charge in [0.25, 0.3) is 0 Å². The monoisotopic (exact) mass is 166 g/mol. The van der Waals surface area contributed by atoms with E-state index in [-0.39, 0.29) is 5.97 Å². The van der Waals surface area contributed by atoms with Crippen molar-refractivity contribution in [3.05, 3.63) is 11.6 Å². The third kappa shape index (κ3) is 1.26. The number of methoxy groups -OCH3 is 1. The quantitative estimate of drug-likeness (QED) is 0.462. The van der Waals surface area contributed by atoms with Gasteiger partial charge < -0.3 is 4.74 Å². The Morgan fingerprint density at radius 2 is 2.50 bits per heavy atom. The maximum Gasteiger partial charge on any atom is 0.309 e. The van der Waals surface area contributed by atoms with Crippen molar-refractivity contribution in [3.8, 4) is 0 Å². The topological polar surface area (TPSA) is 26.3 Å². The molecule has 0 aromatic rings. The zero-order valence-electron chi connectivity index (χ0n) is 7.38. The molecule has 0 aliphatic heterocycles. The van der Waals surface area contributed by atoms with Crippen LogP contribution in [-0.2, 0) is 9.53 Å². The largest absolute Gasteiger partial charge is 0.469 e. The number of rotatable bonds is 2. The van der Waals surface area contributed by atoms with Crippen LogP contribution in [0.1, 0.15) is 25.7 Å². The summed E-state index contributed by atoms with van der Waals surface area (Å²) in [6.07, 6.45) is 6.71. The first-order valence-corrected chi connectivity index (χ1v) is 4.57. The highest BCUT2D eigenvalue weighted by molar-refractivity contribution is 5.72. The molecule has 0 radical (unpaired) electrons. The molecule has 2 bridgehead atoms. The number of carbonyl (C=O) groups excluding carboxylic acids is 1. The van der Waals surface area contributed by atoms with Crippen molar-refractivity contribution in [2.45, 2.75) is 25.7 Å². The van der Waals surface area contributed by atoms with Crippen LogP contribution in [-0.4, -0.2) is 13.1 Å². The lowest BCUT2D eigenvalue weighted by atomic mass is 9.96. The number of carbonyl (C=O) groups is 1. The number of hydrogen-bond acceptors (Lipinski definition) is 2. The number of ether oxygens (including phenoxy) is 1. The van der Waals surface area contributed by atoms with Crippen molar-refractivity contribution >= 4 is 5.97 Å². The molecule has 2 aliphatic rings. The molecule has 0 spiro atoms. The highest BCUT2D eigenvalue weighted by Crippen LogP contribution is 2.44. The fraction of sp³-hybridized carbons (Fsp3) is 0.700. The molecule has 66 valence electrons. The third-order valence-corrected chi connectivity index (χ3v) is 3.02. The third-order valence-electron chi connectivity index (χ3n) is 3.02. The highest BCUT2D eigenvalue weighted by atomic mass is 16.5. The van der Waals surface area contributed by atoms with E-state index in [1.54, 1.807) is 0 Å². The first kappa shape index (κ1) is 7.84. The van der Waals surface area contributed by atoms with Crippen LogP contribution < -0.4 is 0 Å². The summed E-state index contributed by atoms with van der Waals surface area (Å²) >= 11 is 0. The van der Waals surface area contributed by atoms with E-state index >= 15 is 0 Å². The fourth-order valence-corrected chi connectivity index (χ4v) is 2.39. The summed E-state index contributed by atoms with van der Waals surface area (Å²) in [5.41, 5.74) is 1.33. The molecule has 0 heterocycles. The van der Waals surface area contributed by atoms with Crippen molar-refractivity contribution in [1.29, 1.82) is 0 Å². The lowest BCUT2D eigenvalue weighted by molar-refractivity contribution is -0.139. The van der Waals surface area contributed by atoms with E-state index in [9.17, 15) is 4.79 Å². The predicted octanol–water partition coefficient (Wildman–Crippen LogP) is 1.91. The number of fused-ring (bicyclic) bond motifs is 2. The van der Waals surface area contributed by atoms with E-state index in [4.69, 9.17) is 0 Å². The summed E-state index contributed by atoms with van der Waals surface area (Å²) in [6.45, 7) is 0. The van der Waals surface area contributed by atoms with E-state index in [0.717, 1.165) is 5.92 Å². The van der Waals surface area contributed by atoms with Crippen molar-refractivity contribution in [3.63, 3.8) is 0 Å². The predicted molar refractivity (Wildman–Crippen MR) is 45.5 cm³/mol. The van der Waals surface area contributed by atoms with E-state index in [2.05, 4.69) is 10.8 Å². The van der Waals surface area contributed by atoms with Crippen molar-refractivity contribution in [1.82, 2.24) is 0 Å². The Hall–Kier alpha value is -0.790. The summed E-state index contributed by atoms with van der Waals surface area (Å²) in [7, 11) is 1.45. The molecule has 0 aromatic carbocycles. The molecule has 2 rings (SSSR count). The molecule has 2 aliphatic carbocycles. The second-order valence-electron chi connectivity index (χ2n) is 3.76. The Bertz CT molecular complexity index is 230.